The summed E-state index contributed by atoms with van der Waals surface area (Å²) in [6.07, 6.45) is 3.15. The fraction of sp³-hybridized carbons (Fsp3) is 0.200. The van der Waals surface area contributed by atoms with Crippen LogP contribution in [0.2, 0.25) is 0 Å². The summed E-state index contributed by atoms with van der Waals surface area (Å²) in [6.45, 7) is 0. The van der Waals surface area contributed by atoms with Crippen molar-refractivity contribution in [3.8, 4) is 5.75 Å². The molecule has 0 spiro atoms. The summed E-state index contributed by atoms with van der Waals surface area (Å²) in [5.41, 5.74) is 5.88. The van der Waals surface area contributed by atoms with Gasteiger partial charge in [0.25, 0.3) is 0 Å². The Kier molecular flexibility index (Phi) is 6.00. The molecule has 1 amide bonds. The first-order valence-corrected chi connectivity index (χ1v) is 10.7. The van der Waals surface area contributed by atoms with Gasteiger partial charge in [-0.2, -0.15) is 5.10 Å². The quantitative estimate of drug-likeness (QED) is 0.398. The first kappa shape index (κ1) is 20.4. The van der Waals surface area contributed by atoms with Gasteiger partial charge in [0, 0.05) is 21.4 Å². The maximum absolute atomic E-state index is 12.7. The van der Waals surface area contributed by atoms with E-state index in [0.29, 0.717) is 5.75 Å². The highest BCUT2D eigenvalue weighted by molar-refractivity contribution is 9.10. The molecule has 5 heteroatoms. The minimum Gasteiger partial charge on any atom is -0.496 e. The summed E-state index contributed by atoms with van der Waals surface area (Å²) in [5.74, 6) is 0.571. The second-order valence-corrected chi connectivity index (χ2v) is 8.46. The van der Waals surface area contributed by atoms with Gasteiger partial charge in [-0.15, -0.1) is 0 Å². The molecule has 1 saturated carbocycles. The number of benzene rings is 3. The van der Waals surface area contributed by atoms with E-state index in [1.165, 1.54) is 11.1 Å². The number of nitrogens with one attached hydrogen (secondary N) is 1. The van der Waals surface area contributed by atoms with Gasteiger partial charge in [-0.05, 0) is 42.2 Å². The molecule has 152 valence electrons. The Hall–Kier alpha value is -2.92. The van der Waals surface area contributed by atoms with Crippen LogP contribution in [0.4, 0.5) is 0 Å². The van der Waals surface area contributed by atoms with Crippen LogP contribution in [-0.4, -0.2) is 19.2 Å². The number of hydrogen-bond acceptors (Lipinski definition) is 3. The molecular weight excluding hydrogens is 440 g/mol. The Morgan fingerprint density at radius 1 is 1.03 bits per heavy atom. The summed E-state index contributed by atoms with van der Waals surface area (Å²) in [4.78, 5) is 12.7. The zero-order chi connectivity index (χ0) is 21.0. The van der Waals surface area contributed by atoms with Crippen LogP contribution in [0.15, 0.2) is 88.4 Å². The van der Waals surface area contributed by atoms with E-state index in [4.69, 9.17) is 4.74 Å². The van der Waals surface area contributed by atoms with Crippen molar-refractivity contribution in [1.29, 1.82) is 0 Å². The molecule has 1 aliphatic rings. The molecule has 30 heavy (non-hydrogen) atoms. The first-order chi connectivity index (χ1) is 14.6. The zero-order valence-corrected chi connectivity index (χ0v) is 18.3. The molecule has 4 rings (SSSR count). The summed E-state index contributed by atoms with van der Waals surface area (Å²) in [5, 5.41) is 4.16. The van der Waals surface area contributed by atoms with Crippen molar-refractivity contribution < 1.29 is 9.53 Å². The lowest BCUT2D eigenvalue weighted by molar-refractivity contribution is -0.129. The van der Waals surface area contributed by atoms with E-state index in [9.17, 15) is 4.79 Å². The van der Waals surface area contributed by atoms with Crippen molar-refractivity contribution >= 4 is 28.1 Å². The molecule has 0 aliphatic heterocycles. The fourth-order valence-corrected chi connectivity index (χ4v) is 4.56. The van der Waals surface area contributed by atoms with Crippen molar-refractivity contribution in [3.63, 3.8) is 0 Å². The number of rotatable bonds is 6. The van der Waals surface area contributed by atoms with Crippen molar-refractivity contribution in [2.24, 2.45) is 11.0 Å². The highest BCUT2D eigenvalue weighted by atomic mass is 79.9. The Morgan fingerprint density at radius 3 is 2.20 bits per heavy atom. The van der Waals surface area contributed by atoms with Gasteiger partial charge in [0.15, 0.2) is 0 Å². The number of methoxy groups -OCH3 is 1. The van der Waals surface area contributed by atoms with Gasteiger partial charge in [0.05, 0.1) is 13.3 Å². The van der Waals surface area contributed by atoms with Crippen molar-refractivity contribution in [3.05, 3.63) is 100 Å². The molecule has 0 heterocycles. The van der Waals surface area contributed by atoms with Crippen molar-refractivity contribution in [2.75, 3.05) is 7.11 Å². The zero-order valence-electron chi connectivity index (χ0n) is 16.7. The molecule has 1 aliphatic carbocycles. The van der Waals surface area contributed by atoms with Gasteiger partial charge in [-0.25, -0.2) is 5.43 Å². The lowest BCUT2D eigenvalue weighted by atomic mass is 9.55. The van der Waals surface area contributed by atoms with E-state index in [1.54, 1.807) is 13.3 Å². The first-order valence-electron chi connectivity index (χ1n) is 9.90. The van der Waals surface area contributed by atoms with Gasteiger partial charge in [0.2, 0.25) is 5.91 Å². The van der Waals surface area contributed by atoms with Gasteiger partial charge in [-0.3, -0.25) is 4.79 Å². The van der Waals surface area contributed by atoms with E-state index in [-0.39, 0.29) is 17.2 Å². The van der Waals surface area contributed by atoms with E-state index in [1.807, 2.05) is 30.3 Å². The molecule has 3 aromatic rings. The van der Waals surface area contributed by atoms with Crippen LogP contribution in [-0.2, 0) is 10.2 Å². The molecule has 0 unspecified atom stereocenters. The smallest absolute Gasteiger partial charge is 0.243 e. The summed E-state index contributed by atoms with van der Waals surface area (Å²) in [6, 6.07) is 26.5. The van der Waals surface area contributed by atoms with Gasteiger partial charge in [0.1, 0.15) is 5.75 Å². The number of ether oxygens (including phenoxy) is 1. The molecule has 0 aromatic heterocycles. The normalized spacial score (nSPS) is 15.5. The van der Waals surface area contributed by atoms with Crippen LogP contribution >= 0.6 is 15.9 Å². The molecular formula is C25H23BrN2O2. The van der Waals surface area contributed by atoms with E-state index >= 15 is 0 Å². The average molecular weight is 463 g/mol. The third-order valence-corrected chi connectivity index (χ3v) is 6.28. The predicted octanol–water partition coefficient (Wildman–Crippen LogP) is 5.30. The Morgan fingerprint density at radius 2 is 1.63 bits per heavy atom. The van der Waals surface area contributed by atoms with E-state index in [0.717, 1.165) is 22.9 Å². The Bertz CT molecular complexity index is 1000. The number of carbonyl (C=O) groups excluding carboxylic acids is 1. The lowest BCUT2D eigenvalue weighted by Gasteiger charge is -2.47. The molecule has 0 bridgehead atoms. The number of nitrogens with zero attached hydrogens (tertiary/aromatic N) is 1. The van der Waals surface area contributed by atoms with E-state index in [2.05, 4.69) is 75.0 Å². The molecule has 0 radical (unpaired) electrons. The molecule has 0 atom stereocenters. The third-order valence-electron chi connectivity index (χ3n) is 5.78. The Balaban J connectivity index is 1.47. The predicted molar refractivity (Wildman–Crippen MR) is 123 cm³/mol. The van der Waals surface area contributed by atoms with Crippen LogP contribution < -0.4 is 10.2 Å². The van der Waals surface area contributed by atoms with Crippen LogP contribution in [0.3, 0.4) is 0 Å². The molecule has 4 nitrogen and oxygen atoms in total. The van der Waals surface area contributed by atoms with Crippen LogP contribution in [0.5, 0.6) is 5.75 Å². The van der Waals surface area contributed by atoms with Gasteiger partial charge < -0.3 is 4.74 Å². The molecule has 3 aromatic carbocycles. The standard InChI is InChI=1S/C25H23BrN2O2/c1-30-23-13-12-22(26)14-18(23)17-27-28-24(29)19-15-25(16-19,20-8-4-2-5-9-20)21-10-6-3-7-11-21/h2-14,17,19H,15-16H2,1H3,(H,28,29)/b27-17-. The van der Waals surface area contributed by atoms with E-state index < -0.39 is 0 Å². The second-order valence-electron chi connectivity index (χ2n) is 7.54. The van der Waals surface area contributed by atoms with Crippen LogP contribution in [0, 0.1) is 5.92 Å². The van der Waals surface area contributed by atoms with Gasteiger partial charge in [-0.1, -0.05) is 76.6 Å². The van der Waals surface area contributed by atoms with Crippen LogP contribution in [0.25, 0.3) is 0 Å². The van der Waals surface area contributed by atoms with Crippen molar-refractivity contribution in [2.45, 2.75) is 18.3 Å². The number of carbonyl (C=O) groups is 1. The SMILES string of the molecule is COc1ccc(Br)cc1/C=N\NC(=O)C1CC(c2ccccc2)(c2ccccc2)C1. The number of amides is 1. The third kappa shape index (κ3) is 4.03. The minimum absolute atomic E-state index is 0.0531. The average Bonchev–Trinajstić information content (AvgIpc) is 2.75. The summed E-state index contributed by atoms with van der Waals surface area (Å²) < 4.78 is 6.26. The Labute approximate surface area is 185 Å². The van der Waals surface area contributed by atoms with Gasteiger partial charge >= 0.3 is 0 Å². The maximum atomic E-state index is 12.7. The monoisotopic (exact) mass is 462 g/mol. The maximum Gasteiger partial charge on any atom is 0.243 e. The van der Waals surface area contributed by atoms with Crippen molar-refractivity contribution in [1.82, 2.24) is 5.43 Å². The fourth-order valence-electron chi connectivity index (χ4n) is 4.18. The highest BCUT2D eigenvalue weighted by Gasteiger charge is 2.49. The number of halogens is 1. The number of hydrogen-bond donors (Lipinski definition) is 1. The largest absolute Gasteiger partial charge is 0.496 e. The molecule has 1 fully saturated rings. The molecule has 0 saturated heterocycles. The summed E-state index contributed by atoms with van der Waals surface area (Å²) in [7, 11) is 1.61. The molecule has 1 N–H and O–H groups in total. The topological polar surface area (TPSA) is 50.7 Å². The van der Waals surface area contributed by atoms with Crippen LogP contribution in [0.1, 0.15) is 29.5 Å². The summed E-state index contributed by atoms with van der Waals surface area (Å²) >= 11 is 3.44. The minimum atomic E-state index is -0.123. The highest BCUT2D eigenvalue weighted by Crippen LogP contribution is 2.52. The number of hydrazone groups is 1. The second kappa shape index (κ2) is 8.84. The lowest BCUT2D eigenvalue weighted by Crippen LogP contribution is -2.48.